The molecule has 0 radical (unpaired) electrons. The number of rotatable bonds is 6. The highest BCUT2D eigenvalue weighted by molar-refractivity contribution is 6.70. The van der Waals surface area contributed by atoms with Crippen molar-refractivity contribution in [3.05, 3.63) is 24.2 Å². The molecule has 1 rings (SSSR count). The maximum atomic E-state index is 5.79. The van der Waals surface area contributed by atoms with Gasteiger partial charge in [0.25, 0.3) is 5.95 Å². The number of ether oxygens (including phenoxy) is 3. The van der Waals surface area contributed by atoms with Crippen molar-refractivity contribution >= 4 is 8.32 Å². The first-order valence-corrected chi connectivity index (χ1v) is 9.55. The van der Waals surface area contributed by atoms with E-state index < -0.39 is 14.1 Å². The van der Waals surface area contributed by atoms with E-state index in [4.69, 9.17) is 18.6 Å². The maximum absolute atomic E-state index is 5.79. The molecule has 0 aromatic carbocycles. The minimum atomic E-state index is -1.67. The zero-order valence-corrected chi connectivity index (χ0v) is 13.0. The van der Waals surface area contributed by atoms with Crippen LogP contribution in [0.25, 0.3) is 0 Å². The van der Waals surface area contributed by atoms with Gasteiger partial charge in [0.05, 0.1) is 20.3 Å². The van der Waals surface area contributed by atoms with E-state index in [1.807, 2.05) is 13.0 Å². The number of allylic oxidation sites excluding steroid dienone is 1. The molecule has 1 heterocycles. The van der Waals surface area contributed by atoms with E-state index in [9.17, 15) is 0 Å². The van der Waals surface area contributed by atoms with Crippen molar-refractivity contribution in [1.82, 2.24) is 0 Å². The van der Waals surface area contributed by atoms with Gasteiger partial charge in [-0.1, -0.05) is 6.58 Å². The van der Waals surface area contributed by atoms with Gasteiger partial charge in [0.1, 0.15) is 0 Å². The molecule has 0 bridgehead atoms. The minimum Gasteiger partial charge on any atom is -0.520 e. The third-order valence-corrected chi connectivity index (χ3v) is 3.19. The van der Waals surface area contributed by atoms with Gasteiger partial charge in [0, 0.05) is 12.5 Å². The van der Waals surface area contributed by atoms with Gasteiger partial charge in [0.15, 0.2) is 5.79 Å². The lowest BCUT2D eigenvalue weighted by Gasteiger charge is -2.23. The molecule has 0 unspecified atom stereocenters. The third kappa shape index (κ3) is 5.24. The molecule has 0 amide bonds. The maximum Gasteiger partial charge on any atom is 0.265 e. The van der Waals surface area contributed by atoms with Crippen LogP contribution in [0.2, 0.25) is 19.6 Å². The standard InChI is InChI=1S/C13H24O4Si/c1-11(10-13(2)15-7-8-16-13)9-12(14-3)17-18(4,5)6/h9H,1,7-8,10H2,2-6H3/b12-9+. The molecule has 0 N–H and O–H groups in total. The summed E-state index contributed by atoms with van der Waals surface area (Å²) in [6.45, 7) is 13.5. The summed E-state index contributed by atoms with van der Waals surface area (Å²) < 4.78 is 22.1. The SMILES string of the molecule is C=C(/C=C(\OC)O[Si](C)(C)C)CC1(C)OCCO1. The molecule has 104 valence electrons. The highest BCUT2D eigenvalue weighted by atomic mass is 28.4. The Morgan fingerprint density at radius 2 is 1.89 bits per heavy atom. The zero-order valence-electron chi connectivity index (χ0n) is 12.0. The Hall–Kier alpha value is -0.783. The highest BCUT2D eigenvalue weighted by Gasteiger charge is 2.31. The smallest absolute Gasteiger partial charge is 0.265 e. The molecule has 1 fully saturated rings. The van der Waals surface area contributed by atoms with Gasteiger partial charge in [0.2, 0.25) is 8.32 Å². The van der Waals surface area contributed by atoms with Crippen LogP contribution < -0.4 is 0 Å². The molecule has 4 nitrogen and oxygen atoms in total. The summed E-state index contributed by atoms with van der Waals surface area (Å²) in [4.78, 5) is 0. The van der Waals surface area contributed by atoms with Crippen molar-refractivity contribution in [2.24, 2.45) is 0 Å². The summed E-state index contributed by atoms with van der Waals surface area (Å²) in [6.07, 6.45) is 2.42. The third-order valence-electron chi connectivity index (χ3n) is 2.38. The number of hydrogen-bond acceptors (Lipinski definition) is 4. The van der Waals surface area contributed by atoms with Crippen molar-refractivity contribution in [1.29, 1.82) is 0 Å². The predicted molar refractivity (Wildman–Crippen MR) is 73.6 cm³/mol. The Morgan fingerprint density at radius 1 is 1.33 bits per heavy atom. The summed E-state index contributed by atoms with van der Waals surface area (Å²) >= 11 is 0. The van der Waals surface area contributed by atoms with E-state index in [0.29, 0.717) is 25.6 Å². The molecule has 0 aliphatic carbocycles. The molecule has 5 heteroatoms. The van der Waals surface area contributed by atoms with Gasteiger partial charge >= 0.3 is 0 Å². The Balaban J connectivity index is 2.59. The van der Waals surface area contributed by atoms with E-state index in [1.165, 1.54) is 0 Å². The highest BCUT2D eigenvalue weighted by Crippen LogP contribution is 2.27. The monoisotopic (exact) mass is 272 g/mol. The lowest BCUT2D eigenvalue weighted by Crippen LogP contribution is -2.27. The van der Waals surface area contributed by atoms with Crippen molar-refractivity contribution in [2.75, 3.05) is 20.3 Å². The second-order valence-electron chi connectivity index (χ2n) is 5.55. The topological polar surface area (TPSA) is 36.9 Å². The Labute approximate surface area is 111 Å². The molecule has 0 aromatic heterocycles. The van der Waals surface area contributed by atoms with Crippen molar-refractivity contribution in [3.63, 3.8) is 0 Å². The molecule has 0 spiro atoms. The quantitative estimate of drug-likeness (QED) is 0.423. The van der Waals surface area contributed by atoms with Gasteiger partial charge < -0.3 is 18.6 Å². The molecular formula is C13H24O4Si. The summed E-state index contributed by atoms with van der Waals surface area (Å²) in [5, 5.41) is 0. The van der Waals surface area contributed by atoms with Crippen LogP contribution in [0.1, 0.15) is 13.3 Å². The van der Waals surface area contributed by atoms with E-state index in [0.717, 1.165) is 5.57 Å². The van der Waals surface area contributed by atoms with Gasteiger partial charge in [-0.25, -0.2) is 0 Å². The van der Waals surface area contributed by atoms with Crippen molar-refractivity contribution < 1.29 is 18.6 Å². The molecule has 0 saturated carbocycles. The Kier molecular flexibility index (Phi) is 5.01. The van der Waals surface area contributed by atoms with Crippen molar-refractivity contribution in [3.8, 4) is 0 Å². The Bertz CT molecular complexity index is 324. The van der Waals surface area contributed by atoms with Crippen LogP contribution in [0.15, 0.2) is 24.2 Å². The van der Waals surface area contributed by atoms with E-state index in [-0.39, 0.29) is 0 Å². The largest absolute Gasteiger partial charge is 0.520 e. The average Bonchev–Trinajstić information content (AvgIpc) is 2.61. The van der Waals surface area contributed by atoms with Crippen LogP contribution in [0.5, 0.6) is 0 Å². The molecule has 1 saturated heterocycles. The van der Waals surface area contributed by atoms with Crippen LogP contribution in [-0.2, 0) is 18.6 Å². The molecule has 18 heavy (non-hydrogen) atoms. The Morgan fingerprint density at radius 3 is 2.33 bits per heavy atom. The van der Waals surface area contributed by atoms with Crippen LogP contribution in [0.3, 0.4) is 0 Å². The molecule has 0 atom stereocenters. The normalized spacial score (nSPS) is 19.7. The van der Waals surface area contributed by atoms with Gasteiger partial charge in [-0.3, -0.25) is 0 Å². The zero-order chi connectivity index (χ0) is 13.8. The molecular weight excluding hydrogens is 248 g/mol. The van der Waals surface area contributed by atoms with E-state index in [2.05, 4.69) is 26.2 Å². The van der Waals surface area contributed by atoms with Crippen LogP contribution in [0.4, 0.5) is 0 Å². The van der Waals surface area contributed by atoms with Gasteiger partial charge in [-0.15, -0.1) is 0 Å². The van der Waals surface area contributed by atoms with Crippen LogP contribution in [0, 0.1) is 0 Å². The van der Waals surface area contributed by atoms with E-state index >= 15 is 0 Å². The predicted octanol–water partition coefficient (Wildman–Crippen LogP) is 3.04. The van der Waals surface area contributed by atoms with Crippen molar-refractivity contribution in [2.45, 2.75) is 38.8 Å². The number of hydrogen-bond donors (Lipinski definition) is 0. The van der Waals surface area contributed by atoms with Gasteiger partial charge in [-0.05, 0) is 32.1 Å². The second-order valence-corrected chi connectivity index (χ2v) is 9.98. The fraction of sp³-hybridized carbons (Fsp3) is 0.692. The van der Waals surface area contributed by atoms with E-state index in [1.54, 1.807) is 7.11 Å². The fourth-order valence-electron chi connectivity index (χ4n) is 1.72. The average molecular weight is 272 g/mol. The summed E-state index contributed by atoms with van der Waals surface area (Å²) in [5.41, 5.74) is 0.870. The summed E-state index contributed by atoms with van der Waals surface area (Å²) in [5.74, 6) is -0.0493. The van der Waals surface area contributed by atoms with Gasteiger partial charge in [-0.2, -0.15) is 0 Å². The first-order chi connectivity index (χ1) is 8.24. The molecule has 0 aromatic rings. The second kappa shape index (κ2) is 5.91. The van der Waals surface area contributed by atoms with Crippen LogP contribution >= 0.6 is 0 Å². The summed E-state index contributed by atoms with van der Waals surface area (Å²) in [7, 11) is -0.0672. The van der Waals surface area contributed by atoms with Crippen LogP contribution in [-0.4, -0.2) is 34.4 Å². The summed E-state index contributed by atoms with van der Waals surface area (Å²) in [6, 6.07) is 0. The minimum absolute atomic E-state index is 0.515. The lowest BCUT2D eigenvalue weighted by molar-refractivity contribution is -0.139. The first-order valence-electron chi connectivity index (χ1n) is 6.14. The fourth-order valence-corrected chi connectivity index (χ4v) is 2.47. The number of methoxy groups -OCH3 is 1. The lowest BCUT2D eigenvalue weighted by atomic mass is 10.1. The molecule has 1 aliphatic rings. The molecule has 1 aliphatic heterocycles. The first kappa shape index (κ1) is 15.3.